The first-order valence-corrected chi connectivity index (χ1v) is 9.13. The van der Waals surface area contributed by atoms with Crippen molar-refractivity contribution in [2.45, 2.75) is 31.8 Å². The molecule has 0 bridgehead atoms. The maximum absolute atomic E-state index is 13.4. The predicted octanol–water partition coefficient (Wildman–Crippen LogP) is 2.77. The van der Waals surface area contributed by atoms with Crippen LogP contribution in [0.4, 0.5) is 15.8 Å². The number of hydrogen-bond donors (Lipinski definition) is 1. The molecule has 2 aliphatic heterocycles. The van der Waals surface area contributed by atoms with Crippen molar-refractivity contribution in [3.8, 4) is 0 Å². The molecule has 1 N–H and O–H groups in total. The lowest BCUT2D eigenvalue weighted by atomic mass is 9.90. The Morgan fingerprint density at radius 3 is 2.86 bits per heavy atom. The maximum Gasteiger partial charge on any atom is 0.314 e. The standard InChI is InChI=1S/C21H19FN2O4/c1-12(20(26)24-9-8-13-4-2-3-5-18(13)24)28-21(27)16-11-19(25)23-17-10-14(22)6-7-15(16)17/h2-7,10,12,16H,8-9,11H2,1H3,(H,23,25). The summed E-state index contributed by atoms with van der Waals surface area (Å²) in [5, 5.41) is 2.56. The van der Waals surface area contributed by atoms with Crippen molar-refractivity contribution in [3.63, 3.8) is 0 Å². The lowest BCUT2D eigenvalue weighted by molar-refractivity contribution is -0.156. The number of carbonyl (C=O) groups is 3. The number of hydrogen-bond acceptors (Lipinski definition) is 4. The van der Waals surface area contributed by atoms with Crippen LogP contribution in [0.2, 0.25) is 0 Å². The summed E-state index contributed by atoms with van der Waals surface area (Å²) >= 11 is 0. The number of amides is 2. The highest BCUT2D eigenvalue weighted by atomic mass is 19.1. The molecule has 0 saturated carbocycles. The summed E-state index contributed by atoms with van der Waals surface area (Å²) in [7, 11) is 0. The summed E-state index contributed by atoms with van der Waals surface area (Å²) in [5.41, 5.74) is 2.64. The molecule has 2 aliphatic rings. The monoisotopic (exact) mass is 382 g/mol. The van der Waals surface area contributed by atoms with Gasteiger partial charge in [-0.3, -0.25) is 14.4 Å². The molecule has 0 saturated heterocycles. The molecule has 0 spiro atoms. The van der Waals surface area contributed by atoms with Crippen LogP contribution in [0, 0.1) is 5.82 Å². The number of fused-ring (bicyclic) bond motifs is 2. The third-order valence-electron chi connectivity index (χ3n) is 5.13. The van der Waals surface area contributed by atoms with Gasteiger partial charge in [0.2, 0.25) is 5.91 Å². The Bertz CT molecular complexity index is 975. The number of carbonyl (C=O) groups excluding carboxylic acids is 3. The number of esters is 1. The van der Waals surface area contributed by atoms with E-state index >= 15 is 0 Å². The van der Waals surface area contributed by atoms with Crippen molar-refractivity contribution in [3.05, 3.63) is 59.4 Å². The fourth-order valence-electron chi connectivity index (χ4n) is 3.74. The summed E-state index contributed by atoms with van der Waals surface area (Å²) in [6.07, 6.45) is -0.345. The molecular weight excluding hydrogens is 363 g/mol. The van der Waals surface area contributed by atoms with E-state index in [1.165, 1.54) is 25.1 Å². The van der Waals surface area contributed by atoms with E-state index in [0.717, 1.165) is 17.7 Å². The minimum absolute atomic E-state index is 0.106. The van der Waals surface area contributed by atoms with Crippen molar-refractivity contribution >= 4 is 29.2 Å². The predicted molar refractivity (Wildman–Crippen MR) is 100 cm³/mol. The Balaban J connectivity index is 1.50. The first-order chi connectivity index (χ1) is 13.4. The molecule has 144 valence electrons. The molecule has 2 aromatic carbocycles. The number of halogens is 1. The number of nitrogens with one attached hydrogen (secondary N) is 1. The fraction of sp³-hybridized carbons (Fsp3) is 0.286. The highest BCUT2D eigenvalue weighted by Gasteiger charge is 2.35. The average molecular weight is 382 g/mol. The van der Waals surface area contributed by atoms with E-state index < -0.39 is 29.7 Å². The lowest BCUT2D eigenvalue weighted by Gasteiger charge is -2.26. The highest BCUT2D eigenvalue weighted by molar-refractivity contribution is 6.02. The zero-order chi connectivity index (χ0) is 19.8. The van der Waals surface area contributed by atoms with E-state index in [9.17, 15) is 18.8 Å². The molecule has 28 heavy (non-hydrogen) atoms. The van der Waals surface area contributed by atoms with Gasteiger partial charge < -0.3 is 15.0 Å². The quantitative estimate of drug-likeness (QED) is 0.829. The first kappa shape index (κ1) is 18.2. The molecule has 2 atom stereocenters. The van der Waals surface area contributed by atoms with E-state index in [1.807, 2.05) is 24.3 Å². The first-order valence-electron chi connectivity index (χ1n) is 9.13. The average Bonchev–Trinajstić information content (AvgIpc) is 3.10. The van der Waals surface area contributed by atoms with Crippen molar-refractivity contribution in [1.29, 1.82) is 0 Å². The van der Waals surface area contributed by atoms with Gasteiger partial charge in [-0.15, -0.1) is 0 Å². The molecule has 2 heterocycles. The van der Waals surface area contributed by atoms with Crippen molar-refractivity contribution in [2.75, 3.05) is 16.8 Å². The largest absolute Gasteiger partial charge is 0.452 e. The molecule has 4 rings (SSSR count). The summed E-state index contributed by atoms with van der Waals surface area (Å²) in [6, 6.07) is 11.5. The van der Waals surface area contributed by atoms with E-state index in [2.05, 4.69) is 5.32 Å². The minimum atomic E-state index is -0.993. The molecule has 7 heteroatoms. The Morgan fingerprint density at radius 1 is 1.25 bits per heavy atom. The van der Waals surface area contributed by atoms with Gasteiger partial charge in [-0.05, 0) is 42.7 Å². The zero-order valence-electron chi connectivity index (χ0n) is 15.3. The molecular formula is C21H19FN2O4. The summed E-state index contributed by atoms with van der Waals surface area (Å²) in [5.74, 6) is -2.75. The fourth-order valence-corrected chi connectivity index (χ4v) is 3.74. The second-order valence-corrected chi connectivity index (χ2v) is 6.98. The van der Waals surface area contributed by atoms with Crippen LogP contribution in [0.5, 0.6) is 0 Å². The van der Waals surface area contributed by atoms with Gasteiger partial charge in [0.05, 0.1) is 5.92 Å². The number of benzene rings is 2. The Kier molecular flexibility index (Phi) is 4.58. The zero-order valence-corrected chi connectivity index (χ0v) is 15.3. The van der Waals surface area contributed by atoms with Gasteiger partial charge in [0.15, 0.2) is 6.10 Å². The Morgan fingerprint density at radius 2 is 2.04 bits per heavy atom. The van der Waals surface area contributed by atoms with Crippen molar-refractivity contribution in [2.24, 2.45) is 0 Å². The summed E-state index contributed by atoms with van der Waals surface area (Å²) in [6.45, 7) is 2.06. The van der Waals surface area contributed by atoms with Crippen LogP contribution in [0.3, 0.4) is 0 Å². The van der Waals surface area contributed by atoms with Gasteiger partial charge >= 0.3 is 5.97 Å². The normalized spacial score (nSPS) is 18.7. The van der Waals surface area contributed by atoms with Crippen LogP contribution < -0.4 is 10.2 Å². The van der Waals surface area contributed by atoms with E-state index in [0.29, 0.717) is 12.1 Å². The SMILES string of the molecule is CC(OC(=O)C1CC(=O)Nc2cc(F)ccc21)C(=O)N1CCc2ccccc21. The van der Waals surface area contributed by atoms with E-state index in [4.69, 9.17) is 4.74 Å². The Hall–Kier alpha value is -3.22. The van der Waals surface area contributed by atoms with Crippen molar-refractivity contribution < 1.29 is 23.5 Å². The molecule has 2 amide bonds. The second kappa shape index (κ2) is 7.07. The van der Waals surface area contributed by atoms with Crippen LogP contribution in [-0.4, -0.2) is 30.4 Å². The number of rotatable bonds is 3. The van der Waals surface area contributed by atoms with Gasteiger partial charge in [0, 0.05) is 24.3 Å². The van der Waals surface area contributed by atoms with Crippen LogP contribution >= 0.6 is 0 Å². The van der Waals surface area contributed by atoms with Gasteiger partial charge in [0.1, 0.15) is 5.82 Å². The lowest BCUT2D eigenvalue weighted by Crippen LogP contribution is -2.40. The van der Waals surface area contributed by atoms with Crippen LogP contribution in [0.1, 0.15) is 30.4 Å². The van der Waals surface area contributed by atoms with Crippen LogP contribution in [0.15, 0.2) is 42.5 Å². The molecule has 0 fully saturated rings. The van der Waals surface area contributed by atoms with E-state index in [-0.39, 0.29) is 18.0 Å². The van der Waals surface area contributed by atoms with E-state index in [1.54, 1.807) is 4.90 Å². The Labute approximate surface area is 161 Å². The van der Waals surface area contributed by atoms with Crippen molar-refractivity contribution in [1.82, 2.24) is 0 Å². The number of anilines is 2. The minimum Gasteiger partial charge on any atom is -0.452 e. The van der Waals surface area contributed by atoms with Crippen LogP contribution in [0.25, 0.3) is 0 Å². The molecule has 0 aromatic heterocycles. The van der Waals surface area contributed by atoms with Crippen LogP contribution in [-0.2, 0) is 25.5 Å². The molecule has 0 aliphatic carbocycles. The van der Waals surface area contributed by atoms with Gasteiger partial charge in [0.25, 0.3) is 5.91 Å². The maximum atomic E-state index is 13.4. The molecule has 0 radical (unpaired) electrons. The molecule has 2 unspecified atom stereocenters. The molecule has 6 nitrogen and oxygen atoms in total. The number of para-hydroxylation sites is 1. The third-order valence-corrected chi connectivity index (χ3v) is 5.13. The smallest absolute Gasteiger partial charge is 0.314 e. The second-order valence-electron chi connectivity index (χ2n) is 6.98. The van der Waals surface area contributed by atoms with Gasteiger partial charge in [-0.25, -0.2) is 4.39 Å². The summed E-state index contributed by atoms with van der Waals surface area (Å²) in [4.78, 5) is 39.0. The topological polar surface area (TPSA) is 75.7 Å². The highest BCUT2D eigenvalue weighted by Crippen LogP contribution is 2.34. The third kappa shape index (κ3) is 3.24. The number of ether oxygens (including phenoxy) is 1. The number of nitrogens with zero attached hydrogens (tertiary/aromatic N) is 1. The van der Waals surface area contributed by atoms with Gasteiger partial charge in [-0.1, -0.05) is 24.3 Å². The van der Waals surface area contributed by atoms with Gasteiger partial charge in [-0.2, -0.15) is 0 Å². The molecule has 2 aromatic rings. The summed E-state index contributed by atoms with van der Waals surface area (Å²) < 4.78 is 18.9.